The maximum atomic E-state index is 5.91. The molecule has 0 saturated carbocycles. The van der Waals surface area contributed by atoms with Crippen molar-refractivity contribution in [2.75, 3.05) is 5.73 Å². The summed E-state index contributed by atoms with van der Waals surface area (Å²) in [7, 11) is 0. The van der Waals surface area contributed by atoms with Gasteiger partial charge >= 0.3 is 0 Å². The maximum absolute atomic E-state index is 5.91. The van der Waals surface area contributed by atoms with E-state index in [-0.39, 0.29) is 12.1 Å². The number of likely N-dealkylation sites (tertiary alicyclic amines) is 1. The van der Waals surface area contributed by atoms with Crippen molar-refractivity contribution in [1.29, 1.82) is 0 Å². The fourth-order valence-corrected chi connectivity index (χ4v) is 4.87. The van der Waals surface area contributed by atoms with Gasteiger partial charge in [0.05, 0.1) is 28.9 Å². The lowest BCUT2D eigenvalue weighted by Crippen LogP contribution is -2.37. The quantitative estimate of drug-likeness (QED) is 0.490. The Balaban J connectivity index is 1.57. The first kappa shape index (κ1) is 19.7. The summed E-state index contributed by atoms with van der Waals surface area (Å²) in [5.41, 5.74) is 12.6. The van der Waals surface area contributed by atoms with Crippen LogP contribution >= 0.6 is 0 Å². The SMILES string of the molecule is Cc1cccnc1C1CCC[C@@H](c2ncccc2C)N1Cc1ccc2c(N)noc2c1. The van der Waals surface area contributed by atoms with E-state index in [0.717, 1.165) is 48.2 Å². The molecular formula is C25H27N5O. The zero-order valence-electron chi connectivity index (χ0n) is 18.0. The van der Waals surface area contributed by atoms with Crippen LogP contribution < -0.4 is 5.73 Å². The number of benzene rings is 1. The molecule has 1 fully saturated rings. The molecule has 2 atom stereocenters. The van der Waals surface area contributed by atoms with Crippen molar-refractivity contribution in [1.82, 2.24) is 20.0 Å². The molecule has 1 unspecified atom stereocenters. The number of fused-ring (bicyclic) bond motifs is 1. The number of aryl methyl sites for hydroxylation is 2. The molecule has 6 heteroatoms. The molecule has 31 heavy (non-hydrogen) atoms. The smallest absolute Gasteiger partial charge is 0.174 e. The molecule has 1 aliphatic heterocycles. The number of aromatic nitrogens is 3. The van der Waals surface area contributed by atoms with E-state index in [2.05, 4.69) is 48.2 Å². The second-order valence-electron chi connectivity index (χ2n) is 8.44. The molecule has 4 heterocycles. The van der Waals surface area contributed by atoms with Crippen molar-refractivity contribution in [2.45, 2.75) is 51.7 Å². The van der Waals surface area contributed by atoms with Crippen molar-refractivity contribution in [2.24, 2.45) is 0 Å². The van der Waals surface area contributed by atoms with E-state index in [1.807, 2.05) is 30.6 Å². The lowest BCUT2D eigenvalue weighted by atomic mass is 9.88. The van der Waals surface area contributed by atoms with Crippen LogP contribution in [0.4, 0.5) is 5.82 Å². The summed E-state index contributed by atoms with van der Waals surface area (Å²) < 4.78 is 5.42. The number of nitrogen functional groups attached to an aromatic ring is 1. The largest absolute Gasteiger partial charge is 0.380 e. The lowest BCUT2D eigenvalue weighted by molar-refractivity contribution is 0.0679. The van der Waals surface area contributed by atoms with E-state index in [1.165, 1.54) is 16.7 Å². The van der Waals surface area contributed by atoms with Gasteiger partial charge in [0.1, 0.15) is 0 Å². The molecule has 0 radical (unpaired) electrons. The van der Waals surface area contributed by atoms with E-state index in [9.17, 15) is 0 Å². The van der Waals surface area contributed by atoms with Gasteiger partial charge in [-0.2, -0.15) is 0 Å². The third-order valence-electron chi connectivity index (χ3n) is 6.42. The Kier molecular flexibility index (Phi) is 5.16. The van der Waals surface area contributed by atoms with Gasteiger partial charge in [0, 0.05) is 18.9 Å². The summed E-state index contributed by atoms with van der Waals surface area (Å²) in [6, 6.07) is 15.0. The van der Waals surface area contributed by atoms with Crippen LogP contribution in [0.1, 0.15) is 59.4 Å². The Morgan fingerprint density at radius 3 is 2.23 bits per heavy atom. The lowest BCUT2D eigenvalue weighted by Gasteiger charge is -2.42. The fraction of sp³-hybridized carbons (Fsp3) is 0.320. The Labute approximate surface area is 182 Å². The number of nitrogens with zero attached hydrogens (tertiary/aromatic N) is 4. The zero-order valence-corrected chi connectivity index (χ0v) is 18.0. The number of piperidine rings is 1. The van der Waals surface area contributed by atoms with Crippen LogP contribution in [-0.2, 0) is 6.54 Å². The first-order valence-electron chi connectivity index (χ1n) is 10.8. The van der Waals surface area contributed by atoms with Gasteiger partial charge < -0.3 is 10.3 Å². The minimum atomic E-state index is 0.233. The molecule has 0 bridgehead atoms. The molecule has 0 aliphatic carbocycles. The molecule has 158 valence electrons. The van der Waals surface area contributed by atoms with Crippen molar-refractivity contribution in [3.8, 4) is 0 Å². The first-order chi connectivity index (χ1) is 15.1. The van der Waals surface area contributed by atoms with Gasteiger partial charge in [-0.15, -0.1) is 0 Å². The number of nitrogens with two attached hydrogens (primary N) is 1. The molecule has 4 aromatic rings. The van der Waals surface area contributed by atoms with Crippen LogP contribution in [0.3, 0.4) is 0 Å². The second kappa shape index (κ2) is 8.12. The van der Waals surface area contributed by atoms with Gasteiger partial charge in [-0.05, 0) is 74.1 Å². The van der Waals surface area contributed by atoms with Crippen molar-refractivity contribution in [3.63, 3.8) is 0 Å². The Morgan fingerprint density at radius 2 is 1.61 bits per heavy atom. The molecule has 3 aromatic heterocycles. The molecule has 1 aromatic carbocycles. The van der Waals surface area contributed by atoms with Crippen LogP contribution in [0, 0.1) is 13.8 Å². The Morgan fingerprint density at radius 1 is 0.968 bits per heavy atom. The molecular weight excluding hydrogens is 386 g/mol. The Hall–Kier alpha value is -3.25. The van der Waals surface area contributed by atoms with Gasteiger partial charge in [-0.1, -0.05) is 23.4 Å². The molecule has 0 amide bonds. The van der Waals surface area contributed by atoms with Crippen LogP contribution in [-0.4, -0.2) is 20.0 Å². The van der Waals surface area contributed by atoms with Crippen molar-refractivity contribution < 1.29 is 4.52 Å². The third kappa shape index (κ3) is 3.68. The van der Waals surface area contributed by atoms with Crippen LogP contribution in [0.2, 0.25) is 0 Å². The predicted molar refractivity (Wildman–Crippen MR) is 121 cm³/mol. The van der Waals surface area contributed by atoms with E-state index in [4.69, 9.17) is 20.2 Å². The molecule has 0 spiro atoms. The van der Waals surface area contributed by atoms with Gasteiger partial charge in [0.15, 0.2) is 11.4 Å². The predicted octanol–water partition coefficient (Wildman–Crippen LogP) is 5.29. The number of rotatable bonds is 4. The van der Waals surface area contributed by atoms with E-state index >= 15 is 0 Å². The number of hydrogen-bond acceptors (Lipinski definition) is 6. The molecule has 1 aliphatic rings. The normalized spacial score (nSPS) is 19.7. The summed E-state index contributed by atoms with van der Waals surface area (Å²) in [4.78, 5) is 12.1. The molecule has 1 saturated heterocycles. The van der Waals surface area contributed by atoms with Gasteiger partial charge in [0.2, 0.25) is 0 Å². The van der Waals surface area contributed by atoms with Crippen LogP contribution in [0.25, 0.3) is 11.0 Å². The van der Waals surface area contributed by atoms with Gasteiger partial charge in [0.25, 0.3) is 0 Å². The molecule has 2 N–H and O–H groups in total. The molecule has 5 rings (SSSR count). The second-order valence-corrected chi connectivity index (χ2v) is 8.44. The van der Waals surface area contributed by atoms with E-state index in [0.29, 0.717) is 5.82 Å². The van der Waals surface area contributed by atoms with Gasteiger partial charge in [-0.3, -0.25) is 14.9 Å². The highest BCUT2D eigenvalue weighted by Gasteiger charge is 2.35. The number of anilines is 1. The number of pyridine rings is 2. The minimum Gasteiger partial charge on any atom is -0.380 e. The fourth-order valence-electron chi connectivity index (χ4n) is 4.87. The van der Waals surface area contributed by atoms with Crippen LogP contribution in [0.5, 0.6) is 0 Å². The highest BCUT2D eigenvalue weighted by molar-refractivity contribution is 5.87. The van der Waals surface area contributed by atoms with Crippen molar-refractivity contribution in [3.05, 3.63) is 82.9 Å². The van der Waals surface area contributed by atoms with Crippen LogP contribution in [0.15, 0.2) is 59.4 Å². The van der Waals surface area contributed by atoms with E-state index in [1.54, 1.807) is 0 Å². The number of hydrogen-bond donors (Lipinski definition) is 1. The first-order valence-corrected chi connectivity index (χ1v) is 10.8. The van der Waals surface area contributed by atoms with E-state index < -0.39 is 0 Å². The highest BCUT2D eigenvalue weighted by atomic mass is 16.5. The maximum Gasteiger partial charge on any atom is 0.174 e. The average molecular weight is 414 g/mol. The Bertz CT molecular complexity index is 1160. The summed E-state index contributed by atoms with van der Waals surface area (Å²) in [5, 5.41) is 4.76. The minimum absolute atomic E-state index is 0.233. The monoisotopic (exact) mass is 413 g/mol. The third-order valence-corrected chi connectivity index (χ3v) is 6.42. The molecule has 6 nitrogen and oxygen atoms in total. The summed E-state index contributed by atoms with van der Waals surface area (Å²) in [5.74, 6) is 0.434. The van der Waals surface area contributed by atoms with Gasteiger partial charge in [-0.25, -0.2) is 0 Å². The summed E-state index contributed by atoms with van der Waals surface area (Å²) in [6.07, 6.45) is 7.12. The summed E-state index contributed by atoms with van der Waals surface area (Å²) in [6.45, 7) is 5.08. The standard InChI is InChI=1S/C25H27N5O/c1-16-6-4-12-27-23(16)20-8-3-9-21(24-17(2)7-5-13-28-24)30(20)15-18-10-11-19-22(14-18)31-29-25(19)26/h4-7,10-14,20-21H,3,8-9,15H2,1-2H3,(H2,26,29)/t20-,21?/m0/s1. The average Bonchev–Trinajstić information content (AvgIpc) is 3.15. The highest BCUT2D eigenvalue weighted by Crippen LogP contribution is 2.43. The topological polar surface area (TPSA) is 81.1 Å². The van der Waals surface area contributed by atoms with Crippen molar-refractivity contribution >= 4 is 16.8 Å². The zero-order chi connectivity index (χ0) is 21.4. The summed E-state index contributed by atoms with van der Waals surface area (Å²) >= 11 is 0.